The van der Waals surface area contributed by atoms with Crippen molar-refractivity contribution in [1.29, 1.82) is 0 Å². The number of hydrogen-bond acceptors (Lipinski definition) is 5. The lowest BCUT2D eigenvalue weighted by atomic mass is 10.2. The lowest BCUT2D eigenvalue weighted by molar-refractivity contribution is 0.0493. The number of carbonyl (C=O) groups excluding carboxylic acids is 1. The van der Waals surface area contributed by atoms with Crippen LogP contribution in [-0.4, -0.2) is 43.1 Å². The zero-order valence-electron chi connectivity index (χ0n) is 14.5. The summed E-state index contributed by atoms with van der Waals surface area (Å²) in [7, 11) is 3.95. The molecule has 0 aliphatic heterocycles. The maximum atomic E-state index is 12.2. The highest BCUT2D eigenvalue weighted by molar-refractivity contribution is 6.35. The van der Waals surface area contributed by atoms with Crippen LogP contribution in [0, 0.1) is 0 Å². The summed E-state index contributed by atoms with van der Waals surface area (Å²) in [6.45, 7) is 1.23. The predicted molar refractivity (Wildman–Crippen MR) is 103 cm³/mol. The second-order valence-corrected chi connectivity index (χ2v) is 7.03. The largest absolute Gasteiger partial charge is 0.462 e. The van der Waals surface area contributed by atoms with Gasteiger partial charge < -0.3 is 14.1 Å². The number of esters is 1. The van der Waals surface area contributed by atoms with E-state index in [0.717, 1.165) is 13.0 Å². The Labute approximate surface area is 161 Å². The van der Waals surface area contributed by atoms with Crippen molar-refractivity contribution in [3.63, 3.8) is 0 Å². The summed E-state index contributed by atoms with van der Waals surface area (Å²) >= 11 is 12.1. The van der Waals surface area contributed by atoms with E-state index in [4.69, 9.17) is 32.4 Å². The van der Waals surface area contributed by atoms with Crippen LogP contribution in [0.5, 0.6) is 0 Å². The van der Waals surface area contributed by atoms with Crippen molar-refractivity contribution in [1.82, 2.24) is 9.88 Å². The first-order chi connectivity index (χ1) is 12.4. The first kappa shape index (κ1) is 18.7. The molecule has 136 valence electrons. The van der Waals surface area contributed by atoms with Crippen LogP contribution >= 0.6 is 23.2 Å². The summed E-state index contributed by atoms with van der Waals surface area (Å²) in [4.78, 5) is 18.6. The molecule has 7 heteroatoms. The summed E-state index contributed by atoms with van der Waals surface area (Å²) in [5.41, 5.74) is 2.24. The molecule has 0 radical (unpaired) electrons. The van der Waals surface area contributed by atoms with E-state index >= 15 is 0 Å². The first-order valence-corrected chi connectivity index (χ1v) is 8.87. The molecule has 3 rings (SSSR count). The Kier molecular flexibility index (Phi) is 5.81. The highest BCUT2D eigenvalue weighted by Crippen LogP contribution is 2.29. The van der Waals surface area contributed by atoms with Crippen molar-refractivity contribution in [3.8, 4) is 11.5 Å². The third-order valence-electron chi connectivity index (χ3n) is 3.72. The van der Waals surface area contributed by atoms with Gasteiger partial charge in [0.1, 0.15) is 5.52 Å². The van der Waals surface area contributed by atoms with E-state index in [9.17, 15) is 4.79 Å². The van der Waals surface area contributed by atoms with Gasteiger partial charge in [0.05, 0.1) is 12.2 Å². The molecule has 0 N–H and O–H groups in total. The fraction of sp³-hybridized carbons (Fsp3) is 0.263. The predicted octanol–water partition coefficient (Wildman–Crippen LogP) is 4.91. The Morgan fingerprint density at radius 2 is 1.88 bits per heavy atom. The van der Waals surface area contributed by atoms with Crippen molar-refractivity contribution in [2.45, 2.75) is 6.42 Å². The van der Waals surface area contributed by atoms with Gasteiger partial charge in [-0.3, -0.25) is 0 Å². The van der Waals surface area contributed by atoms with Crippen LogP contribution in [-0.2, 0) is 4.74 Å². The molecule has 0 fully saturated rings. The van der Waals surface area contributed by atoms with Crippen molar-refractivity contribution >= 4 is 40.3 Å². The van der Waals surface area contributed by atoms with Gasteiger partial charge in [-0.1, -0.05) is 23.2 Å². The Morgan fingerprint density at radius 1 is 1.15 bits per heavy atom. The van der Waals surface area contributed by atoms with Gasteiger partial charge in [0.2, 0.25) is 5.89 Å². The molecule has 0 atom stereocenters. The lowest BCUT2D eigenvalue weighted by Crippen LogP contribution is -2.16. The second-order valence-electron chi connectivity index (χ2n) is 6.15. The number of benzene rings is 2. The minimum absolute atomic E-state index is 0.373. The highest BCUT2D eigenvalue weighted by Gasteiger charge is 2.13. The molecule has 0 amide bonds. The molecule has 5 nitrogen and oxygen atoms in total. The van der Waals surface area contributed by atoms with Crippen LogP contribution in [0.15, 0.2) is 40.8 Å². The van der Waals surface area contributed by atoms with Gasteiger partial charge in [0, 0.05) is 22.2 Å². The zero-order valence-corrected chi connectivity index (χ0v) is 16.0. The molecule has 0 unspecified atom stereocenters. The minimum atomic E-state index is -0.380. The third kappa shape index (κ3) is 4.55. The van der Waals surface area contributed by atoms with Gasteiger partial charge in [0.25, 0.3) is 0 Å². The minimum Gasteiger partial charge on any atom is -0.462 e. The van der Waals surface area contributed by atoms with Crippen LogP contribution in [0.1, 0.15) is 16.8 Å². The van der Waals surface area contributed by atoms with Crippen LogP contribution in [0.4, 0.5) is 0 Å². The average Bonchev–Trinajstić information content (AvgIpc) is 3.00. The van der Waals surface area contributed by atoms with E-state index in [2.05, 4.69) is 4.98 Å². The van der Waals surface area contributed by atoms with E-state index < -0.39 is 0 Å². The van der Waals surface area contributed by atoms with Gasteiger partial charge in [-0.05, 0) is 56.9 Å². The number of nitrogens with zero attached hydrogens (tertiary/aromatic N) is 2. The van der Waals surface area contributed by atoms with Crippen molar-refractivity contribution in [2.75, 3.05) is 27.2 Å². The molecule has 0 saturated heterocycles. The van der Waals surface area contributed by atoms with E-state index in [1.54, 1.807) is 36.4 Å². The third-order valence-corrected chi connectivity index (χ3v) is 4.15. The smallest absolute Gasteiger partial charge is 0.338 e. The summed E-state index contributed by atoms with van der Waals surface area (Å²) in [5.74, 6) is 0.00954. The number of carbonyl (C=O) groups is 1. The number of ether oxygens (including phenoxy) is 1. The average molecular weight is 393 g/mol. The van der Waals surface area contributed by atoms with Gasteiger partial charge in [-0.2, -0.15) is 0 Å². The van der Waals surface area contributed by atoms with Gasteiger partial charge in [-0.15, -0.1) is 0 Å². The zero-order chi connectivity index (χ0) is 18.7. The number of fused-ring (bicyclic) bond motifs is 1. The summed E-state index contributed by atoms with van der Waals surface area (Å²) in [5, 5.41) is 0.994. The topological polar surface area (TPSA) is 55.6 Å². The Morgan fingerprint density at radius 3 is 2.58 bits per heavy atom. The van der Waals surface area contributed by atoms with Crippen molar-refractivity contribution in [2.24, 2.45) is 0 Å². The highest BCUT2D eigenvalue weighted by atomic mass is 35.5. The van der Waals surface area contributed by atoms with Gasteiger partial charge in [-0.25, -0.2) is 9.78 Å². The molecular formula is C19H18Cl2N2O3. The van der Waals surface area contributed by atoms with E-state index in [1.165, 1.54) is 0 Å². The number of oxazole rings is 1. The molecule has 2 aromatic carbocycles. The maximum absolute atomic E-state index is 12.2. The molecule has 0 bridgehead atoms. The van der Waals surface area contributed by atoms with Gasteiger partial charge in [0.15, 0.2) is 5.58 Å². The first-order valence-electron chi connectivity index (χ1n) is 8.11. The summed E-state index contributed by atoms with van der Waals surface area (Å²) < 4.78 is 11.1. The van der Waals surface area contributed by atoms with Crippen LogP contribution < -0.4 is 0 Å². The van der Waals surface area contributed by atoms with E-state index in [1.807, 2.05) is 19.0 Å². The lowest BCUT2D eigenvalue weighted by Gasteiger charge is -2.09. The Hall–Kier alpha value is -2.08. The molecule has 0 saturated carbocycles. The summed E-state index contributed by atoms with van der Waals surface area (Å²) in [6.07, 6.45) is 0.781. The van der Waals surface area contributed by atoms with E-state index in [0.29, 0.717) is 44.8 Å². The fourth-order valence-corrected chi connectivity index (χ4v) is 3.01. The molecule has 0 aliphatic carbocycles. The van der Waals surface area contributed by atoms with Gasteiger partial charge >= 0.3 is 5.97 Å². The number of rotatable bonds is 6. The molecule has 3 aromatic rings. The van der Waals surface area contributed by atoms with E-state index in [-0.39, 0.29) is 5.97 Å². The molecule has 0 aliphatic rings. The van der Waals surface area contributed by atoms with Crippen molar-refractivity contribution in [3.05, 3.63) is 52.0 Å². The normalized spacial score (nSPS) is 11.3. The Balaban J connectivity index is 1.78. The molecule has 1 heterocycles. The van der Waals surface area contributed by atoms with Crippen LogP contribution in [0.25, 0.3) is 22.6 Å². The fourth-order valence-electron chi connectivity index (χ4n) is 2.48. The quantitative estimate of drug-likeness (QED) is 0.440. The van der Waals surface area contributed by atoms with Crippen LogP contribution in [0.2, 0.25) is 10.0 Å². The number of hydrogen-bond donors (Lipinski definition) is 0. The van der Waals surface area contributed by atoms with Crippen molar-refractivity contribution < 1.29 is 13.9 Å². The molecule has 0 spiro atoms. The monoisotopic (exact) mass is 392 g/mol. The number of halogens is 2. The molecular weight excluding hydrogens is 375 g/mol. The standard InChI is InChI=1S/C19H18Cl2N2O3/c1-23(2)6-3-7-25-19(24)12-4-5-16-17(10-12)26-18(22-16)13-8-14(20)11-15(21)9-13/h4-5,8-11H,3,6-7H2,1-2H3. The van der Waals surface area contributed by atoms with Crippen LogP contribution in [0.3, 0.4) is 0 Å². The molecule has 26 heavy (non-hydrogen) atoms. The number of aromatic nitrogens is 1. The SMILES string of the molecule is CN(C)CCCOC(=O)c1ccc2nc(-c3cc(Cl)cc(Cl)c3)oc2c1. The Bertz CT molecular complexity index is 917. The molecule has 1 aromatic heterocycles. The maximum Gasteiger partial charge on any atom is 0.338 e. The second kappa shape index (κ2) is 8.08. The summed E-state index contributed by atoms with van der Waals surface area (Å²) in [6, 6.07) is 10.1.